The summed E-state index contributed by atoms with van der Waals surface area (Å²) in [5.41, 5.74) is 0.895. The fourth-order valence-corrected chi connectivity index (χ4v) is 5.77. The molecule has 1 fully saturated rings. The predicted octanol–water partition coefficient (Wildman–Crippen LogP) is 2.31. The molecule has 9 heteroatoms. The number of fused-ring (bicyclic) bond motifs is 1. The van der Waals surface area contributed by atoms with Crippen LogP contribution in [0, 0.1) is 5.92 Å². The van der Waals surface area contributed by atoms with Crippen LogP contribution in [-0.2, 0) is 16.6 Å². The molecule has 158 valence electrons. The normalized spacial score (nSPS) is 19.8. The SMILES string of the molecule is COc1ccc(CN2C(=O)c3cccnc3C2=O)cc1S(=O)(=O)N1CCC[C@@H](C)C1. The van der Waals surface area contributed by atoms with Crippen LogP contribution in [0.25, 0.3) is 0 Å². The number of nitrogens with zero attached hydrogens (tertiary/aromatic N) is 3. The number of benzene rings is 1. The Bertz CT molecular complexity index is 1080. The second-order valence-electron chi connectivity index (χ2n) is 7.69. The van der Waals surface area contributed by atoms with Crippen LogP contribution < -0.4 is 4.74 Å². The van der Waals surface area contributed by atoms with E-state index in [4.69, 9.17) is 4.74 Å². The van der Waals surface area contributed by atoms with Crippen molar-refractivity contribution in [1.29, 1.82) is 0 Å². The minimum atomic E-state index is -3.77. The molecule has 3 heterocycles. The van der Waals surface area contributed by atoms with Gasteiger partial charge in [-0.25, -0.2) is 8.42 Å². The number of pyridine rings is 1. The molecule has 0 saturated carbocycles. The number of rotatable bonds is 5. The molecular formula is C21H23N3O5S. The number of hydrogen-bond acceptors (Lipinski definition) is 6. The Balaban J connectivity index is 1.66. The van der Waals surface area contributed by atoms with Crippen LogP contribution in [0.5, 0.6) is 5.75 Å². The summed E-state index contributed by atoms with van der Waals surface area (Å²) in [5, 5.41) is 0. The van der Waals surface area contributed by atoms with E-state index >= 15 is 0 Å². The minimum Gasteiger partial charge on any atom is -0.495 e. The number of carbonyl (C=O) groups excluding carboxylic acids is 2. The lowest BCUT2D eigenvalue weighted by molar-refractivity contribution is 0.0640. The standard InChI is InChI=1S/C21H23N3O5S/c1-14-5-4-10-23(12-14)30(27,28)18-11-15(7-8-17(18)29-2)13-24-20(25)16-6-3-9-22-19(16)21(24)26/h3,6-9,11,14H,4-5,10,12-13H2,1-2H3/t14-/m1/s1. The van der Waals surface area contributed by atoms with Gasteiger partial charge in [0, 0.05) is 19.3 Å². The summed E-state index contributed by atoms with van der Waals surface area (Å²) in [7, 11) is -2.35. The summed E-state index contributed by atoms with van der Waals surface area (Å²) in [4.78, 5) is 30.3. The zero-order chi connectivity index (χ0) is 21.5. The zero-order valence-corrected chi connectivity index (χ0v) is 17.7. The molecule has 2 aliphatic rings. The van der Waals surface area contributed by atoms with Crippen molar-refractivity contribution in [2.45, 2.75) is 31.2 Å². The van der Waals surface area contributed by atoms with Crippen LogP contribution in [0.3, 0.4) is 0 Å². The Morgan fingerprint density at radius 2 is 2.00 bits per heavy atom. The lowest BCUT2D eigenvalue weighted by Crippen LogP contribution is -2.39. The Morgan fingerprint density at radius 3 is 2.70 bits per heavy atom. The highest BCUT2D eigenvalue weighted by Gasteiger charge is 2.37. The number of aromatic nitrogens is 1. The van der Waals surface area contributed by atoms with Gasteiger partial charge in [-0.2, -0.15) is 4.31 Å². The van der Waals surface area contributed by atoms with Crippen LogP contribution in [0.15, 0.2) is 41.4 Å². The number of methoxy groups -OCH3 is 1. The first kappa shape index (κ1) is 20.5. The highest BCUT2D eigenvalue weighted by Crippen LogP contribution is 2.32. The molecule has 2 amide bonds. The second kappa shape index (κ2) is 7.81. The third-order valence-corrected chi connectivity index (χ3v) is 7.42. The summed E-state index contributed by atoms with van der Waals surface area (Å²) >= 11 is 0. The van der Waals surface area contributed by atoms with Crippen molar-refractivity contribution in [1.82, 2.24) is 14.2 Å². The molecule has 0 unspecified atom stereocenters. The molecule has 2 aliphatic heterocycles. The third-order valence-electron chi connectivity index (χ3n) is 5.54. The quantitative estimate of drug-likeness (QED) is 0.677. The summed E-state index contributed by atoms with van der Waals surface area (Å²) in [6.07, 6.45) is 3.27. The molecule has 0 spiro atoms. The number of ether oxygens (including phenoxy) is 1. The number of piperidine rings is 1. The molecule has 0 N–H and O–H groups in total. The summed E-state index contributed by atoms with van der Waals surface area (Å²) < 4.78 is 33.4. The van der Waals surface area contributed by atoms with E-state index in [9.17, 15) is 18.0 Å². The highest BCUT2D eigenvalue weighted by molar-refractivity contribution is 7.89. The van der Waals surface area contributed by atoms with E-state index in [-0.39, 0.29) is 34.4 Å². The van der Waals surface area contributed by atoms with Gasteiger partial charge in [0.25, 0.3) is 11.8 Å². The van der Waals surface area contributed by atoms with Crippen LogP contribution in [-0.4, -0.2) is 54.6 Å². The van der Waals surface area contributed by atoms with Gasteiger partial charge in [-0.3, -0.25) is 19.5 Å². The lowest BCUT2D eigenvalue weighted by Gasteiger charge is -2.30. The van der Waals surface area contributed by atoms with Crippen molar-refractivity contribution in [3.05, 3.63) is 53.3 Å². The third kappa shape index (κ3) is 3.48. The topological polar surface area (TPSA) is 96.9 Å². The number of carbonyl (C=O) groups is 2. The number of imide groups is 1. The fourth-order valence-electron chi connectivity index (χ4n) is 3.96. The molecule has 30 heavy (non-hydrogen) atoms. The van der Waals surface area contributed by atoms with Gasteiger partial charge in [0.05, 0.1) is 19.2 Å². The van der Waals surface area contributed by atoms with Crippen LogP contribution >= 0.6 is 0 Å². The van der Waals surface area contributed by atoms with Crippen LogP contribution in [0.2, 0.25) is 0 Å². The average Bonchev–Trinajstić information content (AvgIpc) is 2.99. The van der Waals surface area contributed by atoms with E-state index in [1.165, 1.54) is 23.7 Å². The average molecular weight is 429 g/mol. The first-order valence-corrected chi connectivity index (χ1v) is 11.2. The highest BCUT2D eigenvalue weighted by atomic mass is 32.2. The summed E-state index contributed by atoms with van der Waals surface area (Å²) in [6, 6.07) is 7.87. The first-order valence-electron chi connectivity index (χ1n) is 9.81. The predicted molar refractivity (Wildman–Crippen MR) is 109 cm³/mol. The first-order chi connectivity index (χ1) is 14.3. The van der Waals surface area contributed by atoms with Crippen molar-refractivity contribution in [2.24, 2.45) is 5.92 Å². The van der Waals surface area contributed by atoms with Gasteiger partial charge in [-0.05, 0) is 48.6 Å². The Labute approximate surface area is 175 Å². The van der Waals surface area contributed by atoms with E-state index in [0.717, 1.165) is 17.7 Å². The summed E-state index contributed by atoms with van der Waals surface area (Å²) in [5.74, 6) is -0.400. The van der Waals surface area contributed by atoms with Gasteiger partial charge >= 0.3 is 0 Å². The van der Waals surface area contributed by atoms with Crippen molar-refractivity contribution in [3.63, 3.8) is 0 Å². The van der Waals surface area contributed by atoms with Gasteiger partial charge in [0.2, 0.25) is 10.0 Å². The Kier molecular flexibility index (Phi) is 5.33. The van der Waals surface area contributed by atoms with Crippen LogP contribution in [0.1, 0.15) is 46.2 Å². The largest absolute Gasteiger partial charge is 0.495 e. The molecule has 4 rings (SSSR count). The number of sulfonamides is 1. The molecule has 1 saturated heterocycles. The van der Waals surface area contributed by atoms with E-state index in [2.05, 4.69) is 4.98 Å². The molecule has 0 bridgehead atoms. The van der Waals surface area contributed by atoms with E-state index in [1.807, 2.05) is 6.92 Å². The van der Waals surface area contributed by atoms with Crippen molar-refractivity contribution >= 4 is 21.8 Å². The minimum absolute atomic E-state index is 0.0447. The molecular weight excluding hydrogens is 406 g/mol. The maximum absolute atomic E-state index is 13.3. The monoisotopic (exact) mass is 429 g/mol. The number of amides is 2. The maximum Gasteiger partial charge on any atom is 0.280 e. The molecule has 1 aromatic heterocycles. The van der Waals surface area contributed by atoms with Gasteiger partial charge in [0.15, 0.2) is 0 Å². The molecule has 1 atom stereocenters. The number of hydrogen-bond donors (Lipinski definition) is 0. The Hall–Kier alpha value is -2.78. The van der Waals surface area contributed by atoms with Crippen molar-refractivity contribution in [2.75, 3.05) is 20.2 Å². The Morgan fingerprint density at radius 1 is 1.20 bits per heavy atom. The van der Waals surface area contributed by atoms with Gasteiger partial charge in [-0.15, -0.1) is 0 Å². The molecule has 0 aliphatic carbocycles. The van der Waals surface area contributed by atoms with Crippen LogP contribution in [0.4, 0.5) is 0 Å². The van der Waals surface area contributed by atoms with Crippen molar-refractivity contribution < 1.29 is 22.7 Å². The summed E-state index contributed by atoms with van der Waals surface area (Å²) in [6.45, 7) is 2.91. The molecule has 2 aromatic rings. The van der Waals surface area contributed by atoms with E-state index in [1.54, 1.807) is 24.3 Å². The zero-order valence-electron chi connectivity index (χ0n) is 16.9. The van der Waals surface area contributed by atoms with Gasteiger partial charge < -0.3 is 4.74 Å². The lowest BCUT2D eigenvalue weighted by atomic mass is 10.0. The molecule has 1 aromatic carbocycles. The smallest absolute Gasteiger partial charge is 0.280 e. The van der Waals surface area contributed by atoms with Crippen molar-refractivity contribution in [3.8, 4) is 5.75 Å². The van der Waals surface area contributed by atoms with Gasteiger partial charge in [0.1, 0.15) is 16.3 Å². The molecule has 8 nitrogen and oxygen atoms in total. The fraction of sp³-hybridized carbons (Fsp3) is 0.381. The second-order valence-corrected chi connectivity index (χ2v) is 9.60. The van der Waals surface area contributed by atoms with E-state index < -0.39 is 21.8 Å². The van der Waals surface area contributed by atoms with E-state index in [0.29, 0.717) is 18.7 Å². The molecule has 0 radical (unpaired) electrons. The van der Waals surface area contributed by atoms with Gasteiger partial charge in [-0.1, -0.05) is 13.0 Å². The maximum atomic E-state index is 13.3.